The van der Waals surface area contributed by atoms with Crippen molar-refractivity contribution in [3.63, 3.8) is 0 Å². The summed E-state index contributed by atoms with van der Waals surface area (Å²) in [7, 11) is 0. The topological polar surface area (TPSA) is 20.2 Å². The summed E-state index contributed by atoms with van der Waals surface area (Å²) in [6.07, 6.45) is 0.104. The average Bonchev–Trinajstić information content (AvgIpc) is 2.11. The molecular weight excluding hydrogens is 174 g/mol. The molecule has 72 valence electrons. The van der Waals surface area contributed by atoms with Gasteiger partial charge >= 0.3 is 0 Å². The van der Waals surface area contributed by atoms with Gasteiger partial charge in [-0.2, -0.15) is 0 Å². The van der Waals surface area contributed by atoms with Gasteiger partial charge in [-0.15, -0.1) is 0 Å². The van der Waals surface area contributed by atoms with Crippen molar-refractivity contribution in [2.75, 3.05) is 0 Å². The zero-order valence-electron chi connectivity index (χ0n) is 7.43. The Labute approximate surface area is 76.0 Å². The van der Waals surface area contributed by atoms with Gasteiger partial charge in [-0.25, -0.2) is 8.78 Å². The molecule has 3 heteroatoms. The van der Waals surface area contributed by atoms with Crippen LogP contribution in [0.25, 0.3) is 0 Å². The zero-order valence-corrected chi connectivity index (χ0v) is 7.43. The normalized spacial score (nSPS) is 12.9. The Morgan fingerprint density at radius 3 is 2.69 bits per heavy atom. The number of hydrogen-bond acceptors (Lipinski definition) is 1. The molecule has 1 N–H and O–H groups in total. The fourth-order valence-electron chi connectivity index (χ4n) is 1.10. The second-order valence-electron chi connectivity index (χ2n) is 3.00. The molecule has 13 heavy (non-hydrogen) atoms. The van der Waals surface area contributed by atoms with Crippen LogP contribution in [0.4, 0.5) is 8.78 Å². The van der Waals surface area contributed by atoms with Crippen LogP contribution in [0, 0.1) is 11.6 Å². The van der Waals surface area contributed by atoms with Gasteiger partial charge in [0.2, 0.25) is 0 Å². The molecule has 1 aromatic carbocycles. The van der Waals surface area contributed by atoms with E-state index in [0.29, 0.717) is 6.42 Å². The lowest BCUT2D eigenvalue weighted by Crippen LogP contribution is -2.09. The first-order chi connectivity index (χ1) is 6.13. The monoisotopic (exact) mass is 186 g/mol. The molecule has 0 spiro atoms. The highest BCUT2D eigenvalue weighted by molar-refractivity contribution is 5.19. The predicted octanol–water partition coefficient (Wildman–Crippen LogP) is 2.28. The lowest BCUT2D eigenvalue weighted by molar-refractivity contribution is 0.169. The smallest absolute Gasteiger partial charge is 0.126 e. The Kier molecular flexibility index (Phi) is 3.37. The van der Waals surface area contributed by atoms with Crippen molar-refractivity contribution in [1.29, 1.82) is 0 Å². The Hall–Kier alpha value is -0.960. The van der Waals surface area contributed by atoms with Crippen LogP contribution in [-0.4, -0.2) is 11.2 Å². The zero-order chi connectivity index (χ0) is 9.84. The number of aliphatic hydroxyl groups excluding tert-OH is 1. The van der Waals surface area contributed by atoms with Gasteiger partial charge in [0.1, 0.15) is 11.6 Å². The molecule has 0 aliphatic heterocycles. The summed E-state index contributed by atoms with van der Waals surface area (Å²) in [5.41, 5.74) is 0.231. The van der Waals surface area contributed by atoms with Crippen molar-refractivity contribution in [2.24, 2.45) is 0 Å². The van der Waals surface area contributed by atoms with Gasteiger partial charge in [-0.05, 0) is 30.2 Å². The molecule has 0 radical (unpaired) electrons. The van der Waals surface area contributed by atoms with Crippen LogP contribution in [0.5, 0.6) is 0 Å². The molecule has 0 aliphatic rings. The number of benzene rings is 1. The SMILES string of the molecule is CC[C@@H](O)Cc1cc(F)ccc1F. The Bertz CT molecular complexity index is 286. The Morgan fingerprint density at radius 2 is 2.08 bits per heavy atom. The number of rotatable bonds is 3. The maximum absolute atomic E-state index is 13.0. The largest absolute Gasteiger partial charge is 0.393 e. The van der Waals surface area contributed by atoms with E-state index in [4.69, 9.17) is 0 Å². The summed E-state index contributed by atoms with van der Waals surface area (Å²) >= 11 is 0. The van der Waals surface area contributed by atoms with Crippen molar-refractivity contribution < 1.29 is 13.9 Å². The van der Waals surface area contributed by atoms with Gasteiger partial charge in [-0.3, -0.25) is 0 Å². The molecule has 1 atom stereocenters. The fourth-order valence-corrected chi connectivity index (χ4v) is 1.10. The highest BCUT2D eigenvalue weighted by atomic mass is 19.1. The molecule has 0 bridgehead atoms. The van der Waals surface area contributed by atoms with Crippen LogP contribution >= 0.6 is 0 Å². The fraction of sp³-hybridized carbons (Fsp3) is 0.400. The van der Waals surface area contributed by atoms with Gasteiger partial charge < -0.3 is 5.11 Å². The van der Waals surface area contributed by atoms with E-state index in [2.05, 4.69) is 0 Å². The van der Waals surface area contributed by atoms with Crippen molar-refractivity contribution in [2.45, 2.75) is 25.9 Å². The van der Waals surface area contributed by atoms with Gasteiger partial charge in [0.05, 0.1) is 6.10 Å². The lowest BCUT2D eigenvalue weighted by Gasteiger charge is -2.08. The maximum atomic E-state index is 13.0. The second-order valence-corrected chi connectivity index (χ2v) is 3.00. The van der Waals surface area contributed by atoms with Crippen molar-refractivity contribution >= 4 is 0 Å². The summed E-state index contributed by atoms with van der Waals surface area (Å²) in [6.45, 7) is 1.79. The van der Waals surface area contributed by atoms with Crippen LogP contribution < -0.4 is 0 Å². The molecule has 1 nitrogen and oxygen atoms in total. The summed E-state index contributed by atoms with van der Waals surface area (Å²) in [5.74, 6) is -0.936. The van der Waals surface area contributed by atoms with Crippen molar-refractivity contribution in [3.05, 3.63) is 35.4 Å². The third-order valence-electron chi connectivity index (χ3n) is 1.93. The molecule has 0 unspecified atom stereocenters. The minimum Gasteiger partial charge on any atom is -0.393 e. The van der Waals surface area contributed by atoms with E-state index in [0.717, 1.165) is 18.2 Å². The number of halogens is 2. The van der Waals surface area contributed by atoms with Gasteiger partial charge in [0.25, 0.3) is 0 Å². The molecule has 0 aromatic heterocycles. The Morgan fingerprint density at radius 1 is 1.38 bits per heavy atom. The Balaban J connectivity index is 2.81. The van der Waals surface area contributed by atoms with E-state index in [-0.39, 0.29) is 12.0 Å². The molecule has 1 rings (SSSR count). The molecule has 1 aromatic rings. The third-order valence-corrected chi connectivity index (χ3v) is 1.93. The standard InChI is InChI=1S/C10H12F2O/c1-2-9(13)6-7-5-8(11)3-4-10(7)12/h3-5,9,13H,2,6H2,1H3/t9-/m1/s1. The number of aliphatic hydroxyl groups is 1. The summed E-state index contributed by atoms with van der Waals surface area (Å²) in [4.78, 5) is 0. The predicted molar refractivity (Wildman–Crippen MR) is 46.4 cm³/mol. The second kappa shape index (κ2) is 4.33. The molecule has 0 aliphatic carbocycles. The van der Waals surface area contributed by atoms with E-state index in [9.17, 15) is 13.9 Å². The van der Waals surface area contributed by atoms with Gasteiger partial charge in [-0.1, -0.05) is 6.92 Å². The van der Waals surface area contributed by atoms with Gasteiger partial charge in [0, 0.05) is 6.42 Å². The summed E-state index contributed by atoms with van der Waals surface area (Å²) in [6, 6.07) is 3.26. The molecule has 0 fully saturated rings. The van der Waals surface area contributed by atoms with Crippen molar-refractivity contribution in [3.8, 4) is 0 Å². The number of hydrogen-bond donors (Lipinski definition) is 1. The van der Waals surface area contributed by atoms with Crippen LogP contribution in [0.2, 0.25) is 0 Å². The molecule has 0 heterocycles. The minimum atomic E-state index is -0.601. The van der Waals surface area contributed by atoms with Crippen LogP contribution in [-0.2, 0) is 6.42 Å². The van der Waals surface area contributed by atoms with Crippen molar-refractivity contribution in [1.82, 2.24) is 0 Å². The molecule has 0 saturated carbocycles. The first-order valence-corrected chi connectivity index (χ1v) is 4.25. The van der Waals surface area contributed by atoms with E-state index in [1.54, 1.807) is 6.92 Å². The highest BCUT2D eigenvalue weighted by Crippen LogP contribution is 2.12. The molecule has 0 saturated heterocycles. The van der Waals surface area contributed by atoms with E-state index < -0.39 is 17.7 Å². The van der Waals surface area contributed by atoms with E-state index >= 15 is 0 Å². The minimum absolute atomic E-state index is 0.167. The summed E-state index contributed by atoms with van der Waals surface area (Å²) in [5, 5.41) is 9.24. The third kappa shape index (κ3) is 2.77. The summed E-state index contributed by atoms with van der Waals surface area (Å²) < 4.78 is 25.6. The van der Waals surface area contributed by atoms with Crippen LogP contribution in [0.15, 0.2) is 18.2 Å². The molecule has 0 amide bonds. The van der Waals surface area contributed by atoms with Crippen LogP contribution in [0.3, 0.4) is 0 Å². The van der Waals surface area contributed by atoms with E-state index in [1.807, 2.05) is 0 Å². The van der Waals surface area contributed by atoms with E-state index in [1.165, 1.54) is 0 Å². The van der Waals surface area contributed by atoms with Crippen LogP contribution in [0.1, 0.15) is 18.9 Å². The first kappa shape index (κ1) is 10.1. The maximum Gasteiger partial charge on any atom is 0.126 e. The van der Waals surface area contributed by atoms with Gasteiger partial charge in [0.15, 0.2) is 0 Å². The quantitative estimate of drug-likeness (QED) is 0.767. The lowest BCUT2D eigenvalue weighted by atomic mass is 10.1. The molecular formula is C10H12F2O. The first-order valence-electron chi connectivity index (χ1n) is 4.25. The average molecular weight is 186 g/mol. The highest BCUT2D eigenvalue weighted by Gasteiger charge is 2.08.